The first-order valence-electron chi connectivity index (χ1n) is 11.0. The van der Waals surface area contributed by atoms with Gasteiger partial charge < -0.3 is 14.8 Å². The van der Waals surface area contributed by atoms with E-state index in [1.807, 2.05) is 42.2 Å². The number of rotatable bonds is 6. The molecule has 1 fully saturated rings. The van der Waals surface area contributed by atoms with Crippen molar-refractivity contribution in [1.29, 1.82) is 0 Å². The number of aromatic nitrogens is 2. The molecule has 0 radical (unpaired) electrons. The number of nitrogens with one attached hydrogen (secondary N) is 1. The van der Waals surface area contributed by atoms with Crippen LogP contribution in [0.3, 0.4) is 0 Å². The van der Waals surface area contributed by atoms with Crippen LogP contribution in [0.15, 0.2) is 60.9 Å². The maximum atomic E-state index is 14.1. The molecule has 2 aromatic carbocycles. The molecule has 1 aliphatic rings. The molecule has 1 aromatic heterocycles. The second-order valence-electron chi connectivity index (χ2n) is 8.09. The van der Waals surface area contributed by atoms with Gasteiger partial charge in [-0.2, -0.15) is 0 Å². The van der Waals surface area contributed by atoms with E-state index in [4.69, 9.17) is 0 Å². The molecule has 0 aliphatic carbocycles. The highest BCUT2D eigenvalue weighted by Crippen LogP contribution is 2.24. The molecule has 166 valence electrons. The monoisotopic (exact) mass is 434 g/mol. The van der Waals surface area contributed by atoms with Gasteiger partial charge in [0, 0.05) is 44.1 Å². The normalized spacial score (nSPS) is 16.8. The molecule has 1 aliphatic heterocycles. The zero-order chi connectivity index (χ0) is 22.5. The number of aromatic amines is 1. The Morgan fingerprint density at radius 3 is 2.62 bits per heavy atom. The fourth-order valence-corrected chi connectivity index (χ4v) is 4.21. The lowest BCUT2D eigenvalue weighted by molar-refractivity contribution is -0.134. The molecular formula is C25H27FN4O2. The van der Waals surface area contributed by atoms with Gasteiger partial charge in [-0.05, 0) is 30.0 Å². The van der Waals surface area contributed by atoms with E-state index in [9.17, 15) is 14.0 Å². The van der Waals surface area contributed by atoms with Gasteiger partial charge in [0.2, 0.25) is 5.91 Å². The summed E-state index contributed by atoms with van der Waals surface area (Å²) < 4.78 is 14.1. The highest BCUT2D eigenvalue weighted by atomic mass is 19.1. The van der Waals surface area contributed by atoms with Crippen LogP contribution in [0.25, 0.3) is 11.1 Å². The van der Waals surface area contributed by atoms with Gasteiger partial charge in [-0.3, -0.25) is 9.59 Å². The van der Waals surface area contributed by atoms with Gasteiger partial charge in [-0.1, -0.05) is 49.4 Å². The van der Waals surface area contributed by atoms with Crippen LogP contribution >= 0.6 is 0 Å². The Bertz CT molecular complexity index is 1070. The standard InChI is InChI=1S/C25H27FN4O2/c1-2-13-29-14-15-30(25(32)23-27-11-12-28-23)17-20(24(29)31)16-18-7-9-19(10-8-18)21-5-3-4-6-22(21)26/h3-12,20H,2,13-17H2,1H3,(H,27,28)/t20-/m0/s1. The van der Waals surface area contributed by atoms with E-state index in [1.54, 1.807) is 29.4 Å². The first-order valence-corrected chi connectivity index (χ1v) is 11.0. The Hall–Kier alpha value is -3.48. The van der Waals surface area contributed by atoms with Crippen LogP contribution < -0.4 is 0 Å². The molecule has 0 saturated carbocycles. The second-order valence-corrected chi connectivity index (χ2v) is 8.09. The third-order valence-electron chi connectivity index (χ3n) is 5.84. The quantitative estimate of drug-likeness (QED) is 0.642. The Kier molecular flexibility index (Phi) is 6.63. The van der Waals surface area contributed by atoms with Crippen molar-refractivity contribution in [2.24, 2.45) is 5.92 Å². The van der Waals surface area contributed by atoms with E-state index in [0.29, 0.717) is 38.2 Å². The smallest absolute Gasteiger partial charge is 0.289 e. The van der Waals surface area contributed by atoms with Crippen LogP contribution in [0.2, 0.25) is 0 Å². The predicted octanol–water partition coefficient (Wildman–Crippen LogP) is 3.77. The van der Waals surface area contributed by atoms with Gasteiger partial charge in [0.05, 0.1) is 5.92 Å². The number of benzene rings is 2. The van der Waals surface area contributed by atoms with E-state index in [0.717, 1.165) is 17.5 Å². The van der Waals surface area contributed by atoms with Gasteiger partial charge >= 0.3 is 0 Å². The first-order chi connectivity index (χ1) is 15.6. The van der Waals surface area contributed by atoms with Crippen molar-refractivity contribution in [2.75, 3.05) is 26.2 Å². The maximum absolute atomic E-state index is 14.1. The topological polar surface area (TPSA) is 69.3 Å². The van der Waals surface area contributed by atoms with Crippen molar-refractivity contribution in [1.82, 2.24) is 19.8 Å². The minimum atomic E-state index is -0.345. The van der Waals surface area contributed by atoms with Crippen LogP contribution in [0, 0.1) is 11.7 Å². The average Bonchev–Trinajstić information content (AvgIpc) is 3.30. The summed E-state index contributed by atoms with van der Waals surface area (Å²) in [5, 5.41) is 0. The summed E-state index contributed by atoms with van der Waals surface area (Å²) in [6.45, 7) is 4.05. The van der Waals surface area contributed by atoms with Gasteiger partial charge in [0.15, 0.2) is 5.82 Å². The van der Waals surface area contributed by atoms with Crippen molar-refractivity contribution in [3.8, 4) is 11.1 Å². The third kappa shape index (κ3) is 4.72. The number of H-pyrrole nitrogens is 1. The van der Waals surface area contributed by atoms with Crippen LogP contribution in [-0.4, -0.2) is 57.8 Å². The molecule has 3 aromatic rings. The van der Waals surface area contributed by atoms with E-state index in [-0.39, 0.29) is 29.4 Å². The second kappa shape index (κ2) is 9.77. The van der Waals surface area contributed by atoms with Crippen molar-refractivity contribution < 1.29 is 14.0 Å². The minimum absolute atomic E-state index is 0.0692. The molecule has 2 heterocycles. The Morgan fingerprint density at radius 2 is 1.94 bits per heavy atom. The number of carbonyl (C=O) groups excluding carboxylic acids is 2. The van der Waals surface area contributed by atoms with E-state index in [2.05, 4.69) is 9.97 Å². The van der Waals surface area contributed by atoms with Gasteiger partial charge in [-0.25, -0.2) is 9.37 Å². The number of nitrogens with zero attached hydrogens (tertiary/aromatic N) is 3. The summed E-state index contributed by atoms with van der Waals surface area (Å²) in [5.74, 6) is -0.445. The molecule has 1 saturated heterocycles. The van der Waals surface area contributed by atoms with Gasteiger partial charge in [-0.15, -0.1) is 0 Å². The van der Waals surface area contributed by atoms with Crippen molar-refractivity contribution in [3.63, 3.8) is 0 Å². The summed E-state index contributed by atoms with van der Waals surface area (Å²) in [5.41, 5.74) is 2.32. The Labute approximate surface area is 187 Å². The summed E-state index contributed by atoms with van der Waals surface area (Å²) in [6.07, 6.45) is 4.54. The Morgan fingerprint density at radius 1 is 1.16 bits per heavy atom. The summed E-state index contributed by atoms with van der Waals surface area (Å²) >= 11 is 0. The largest absolute Gasteiger partial charge is 0.341 e. The molecule has 1 atom stereocenters. The number of amides is 2. The fourth-order valence-electron chi connectivity index (χ4n) is 4.21. The number of imidazole rings is 1. The molecular weight excluding hydrogens is 407 g/mol. The SMILES string of the molecule is CCCN1CCN(C(=O)c2ncc[nH]2)C[C@H](Cc2ccc(-c3ccccc3F)cc2)C1=O. The Balaban J connectivity index is 1.54. The molecule has 0 unspecified atom stereocenters. The lowest BCUT2D eigenvalue weighted by Gasteiger charge is -2.23. The number of hydrogen-bond donors (Lipinski definition) is 1. The zero-order valence-corrected chi connectivity index (χ0v) is 18.1. The number of halogens is 1. The van der Waals surface area contributed by atoms with Crippen molar-refractivity contribution >= 4 is 11.8 Å². The first kappa shape index (κ1) is 21.7. The third-order valence-corrected chi connectivity index (χ3v) is 5.84. The highest BCUT2D eigenvalue weighted by molar-refractivity contribution is 5.91. The average molecular weight is 435 g/mol. The fraction of sp³-hybridized carbons (Fsp3) is 0.320. The predicted molar refractivity (Wildman–Crippen MR) is 120 cm³/mol. The zero-order valence-electron chi connectivity index (χ0n) is 18.1. The van der Waals surface area contributed by atoms with Crippen molar-refractivity contribution in [2.45, 2.75) is 19.8 Å². The number of carbonyl (C=O) groups is 2. The lowest BCUT2D eigenvalue weighted by atomic mass is 9.95. The molecule has 2 amide bonds. The molecule has 0 spiro atoms. The van der Waals surface area contributed by atoms with Crippen LogP contribution in [0.1, 0.15) is 29.5 Å². The van der Waals surface area contributed by atoms with E-state index < -0.39 is 0 Å². The van der Waals surface area contributed by atoms with Crippen LogP contribution in [-0.2, 0) is 11.2 Å². The van der Waals surface area contributed by atoms with Gasteiger partial charge in [0.1, 0.15) is 5.82 Å². The highest BCUT2D eigenvalue weighted by Gasteiger charge is 2.33. The summed E-state index contributed by atoms with van der Waals surface area (Å²) in [7, 11) is 0. The van der Waals surface area contributed by atoms with Crippen LogP contribution in [0.5, 0.6) is 0 Å². The van der Waals surface area contributed by atoms with Gasteiger partial charge in [0.25, 0.3) is 5.91 Å². The summed E-state index contributed by atoms with van der Waals surface area (Å²) in [6, 6.07) is 14.3. The molecule has 7 heteroatoms. The molecule has 0 bridgehead atoms. The lowest BCUT2D eigenvalue weighted by Crippen LogP contribution is -2.38. The molecule has 4 rings (SSSR count). The minimum Gasteiger partial charge on any atom is -0.341 e. The number of hydrogen-bond acceptors (Lipinski definition) is 3. The van der Waals surface area contributed by atoms with E-state index >= 15 is 0 Å². The molecule has 32 heavy (non-hydrogen) atoms. The van der Waals surface area contributed by atoms with Crippen molar-refractivity contribution in [3.05, 3.63) is 78.1 Å². The molecule has 6 nitrogen and oxygen atoms in total. The summed E-state index contributed by atoms with van der Waals surface area (Å²) in [4.78, 5) is 36.6. The molecule has 1 N–H and O–H groups in total. The maximum Gasteiger partial charge on any atom is 0.289 e. The van der Waals surface area contributed by atoms with Crippen LogP contribution in [0.4, 0.5) is 4.39 Å². The van der Waals surface area contributed by atoms with E-state index in [1.165, 1.54) is 6.07 Å².